The second-order valence-corrected chi connectivity index (χ2v) is 12.8. The number of carbonyl (C=O) groups excluding carboxylic acids is 2. The van der Waals surface area contributed by atoms with Crippen LogP contribution in [0, 0.1) is 19.8 Å². The third-order valence-electron chi connectivity index (χ3n) is 6.03. The Balaban J connectivity index is 1.44. The van der Waals surface area contributed by atoms with Crippen LogP contribution >= 0.6 is 0 Å². The number of rotatable bonds is 7. The number of sulfonamides is 1. The molecule has 32 heavy (non-hydrogen) atoms. The van der Waals surface area contributed by atoms with E-state index in [4.69, 9.17) is 0 Å². The number of sulfone groups is 1. The minimum atomic E-state index is -3.63. The van der Waals surface area contributed by atoms with E-state index in [0.717, 1.165) is 5.56 Å². The van der Waals surface area contributed by atoms with Crippen molar-refractivity contribution in [2.45, 2.75) is 38.0 Å². The van der Waals surface area contributed by atoms with Crippen LogP contribution in [0.3, 0.4) is 0 Å². The standard InChI is InChI=1S/C21H31N3O6S2/c1-16-3-4-17(2)19(13-16)32(29,30)24-10-8-23(9-11-24)21(26)6-5-20(25)22-14-18-7-12-31(27,28)15-18/h3-4,13,18H,5-12,14-15H2,1-2H3,(H,22,25). The Labute approximate surface area is 190 Å². The zero-order valence-corrected chi connectivity index (χ0v) is 20.2. The molecule has 1 unspecified atom stereocenters. The molecule has 9 nitrogen and oxygen atoms in total. The average molecular weight is 486 g/mol. The van der Waals surface area contributed by atoms with Crippen LogP contribution in [0.5, 0.6) is 0 Å². The van der Waals surface area contributed by atoms with Gasteiger partial charge in [0.15, 0.2) is 9.84 Å². The maximum absolute atomic E-state index is 13.0. The van der Waals surface area contributed by atoms with Crippen molar-refractivity contribution in [3.05, 3.63) is 29.3 Å². The van der Waals surface area contributed by atoms with E-state index in [1.807, 2.05) is 13.0 Å². The Morgan fingerprint density at radius 3 is 2.41 bits per heavy atom. The average Bonchev–Trinajstić information content (AvgIpc) is 3.10. The van der Waals surface area contributed by atoms with Crippen molar-refractivity contribution in [2.24, 2.45) is 5.92 Å². The topological polar surface area (TPSA) is 121 Å². The lowest BCUT2D eigenvalue weighted by molar-refractivity contribution is -0.134. The molecule has 2 amide bonds. The van der Waals surface area contributed by atoms with Crippen molar-refractivity contribution in [3.8, 4) is 0 Å². The molecule has 0 saturated carbocycles. The van der Waals surface area contributed by atoms with Crippen molar-refractivity contribution >= 4 is 31.7 Å². The molecule has 1 aromatic carbocycles. The van der Waals surface area contributed by atoms with Gasteiger partial charge in [-0.3, -0.25) is 9.59 Å². The number of piperazine rings is 1. The Kier molecular flexibility index (Phi) is 7.61. The molecule has 0 aliphatic carbocycles. The van der Waals surface area contributed by atoms with Gasteiger partial charge in [0.05, 0.1) is 16.4 Å². The first-order valence-electron chi connectivity index (χ1n) is 10.8. The van der Waals surface area contributed by atoms with Crippen molar-refractivity contribution in [2.75, 3.05) is 44.2 Å². The van der Waals surface area contributed by atoms with E-state index in [1.165, 1.54) is 4.31 Å². The summed E-state index contributed by atoms with van der Waals surface area (Å²) < 4.78 is 50.4. The number of nitrogens with one attached hydrogen (secondary N) is 1. The maximum atomic E-state index is 13.0. The number of benzene rings is 1. The lowest BCUT2D eigenvalue weighted by Crippen LogP contribution is -2.50. The fourth-order valence-electron chi connectivity index (χ4n) is 4.06. The Morgan fingerprint density at radius 2 is 1.78 bits per heavy atom. The molecule has 0 radical (unpaired) electrons. The van der Waals surface area contributed by atoms with Gasteiger partial charge >= 0.3 is 0 Å². The van der Waals surface area contributed by atoms with E-state index in [1.54, 1.807) is 24.0 Å². The summed E-state index contributed by atoms with van der Waals surface area (Å²) in [6, 6.07) is 5.33. The van der Waals surface area contributed by atoms with E-state index < -0.39 is 19.9 Å². The summed E-state index contributed by atoms with van der Waals surface area (Å²) in [5, 5.41) is 2.71. The Hall–Kier alpha value is -1.98. The molecule has 2 aliphatic rings. The van der Waals surface area contributed by atoms with Gasteiger partial charge in [-0.05, 0) is 43.4 Å². The van der Waals surface area contributed by atoms with Crippen LogP contribution in [-0.2, 0) is 29.4 Å². The number of nitrogens with zero attached hydrogens (tertiary/aromatic N) is 2. The maximum Gasteiger partial charge on any atom is 0.243 e. The number of hydrogen-bond acceptors (Lipinski definition) is 6. The van der Waals surface area contributed by atoms with Crippen LogP contribution in [0.1, 0.15) is 30.4 Å². The monoisotopic (exact) mass is 485 g/mol. The van der Waals surface area contributed by atoms with Gasteiger partial charge in [-0.1, -0.05) is 12.1 Å². The molecule has 2 aliphatic heterocycles. The normalized spacial score (nSPS) is 21.4. The minimum Gasteiger partial charge on any atom is -0.356 e. The summed E-state index contributed by atoms with van der Waals surface area (Å²) in [4.78, 5) is 26.4. The lowest BCUT2D eigenvalue weighted by Gasteiger charge is -2.34. The predicted molar refractivity (Wildman–Crippen MR) is 120 cm³/mol. The van der Waals surface area contributed by atoms with Crippen molar-refractivity contribution in [1.82, 2.24) is 14.5 Å². The smallest absolute Gasteiger partial charge is 0.243 e. The van der Waals surface area contributed by atoms with Gasteiger partial charge in [-0.15, -0.1) is 0 Å². The van der Waals surface area contributed by atoms with E-state index in [2.05, 4.69) is 5.32 Å². The summed E-state index contributed by atoms with van der Waals surface area (Å²) in [7, 11) is -6.61. The largest absolute Gasteiger partial charge is 0.356 e. The minimum absolute atomic E-state index is 0.0271. The van der Waals surface area contributed by atoms with Gasteiger partial charge in [0.2, 0.25) is 21.8 Å². The van der Waals surface area contributed by atoms with Gasteiger partial charge in [-0.25, -0.2) is 16.8 Å². The van der Waals surface area contributed by atoms with E-state index >= 15 is 0 Å². The first kappa shape index (κ1) is 24.7. The van der Waals surface area contributed by atoms with Gasteiger partial charge in [0.1, 0.15) is 0 Å². The third kappa shape index (κ3) is 6.08. The molecular weight excluding hydrogens is 454 g/mol. The zero-order chi connectivity index (χ0) is 23.5. The summed E-state index contributed by atoms with van der Waals surface area (Å²) in [6.07, 6.45) is 0.620. The second-order valence-electron chi connectivity index (χ2n) is 8.63. The van der Waals surface area contributed by atoms with Crippen LogP contribution < -0.4 is 5.32 Å². The first-order valence-corrected chi connectivity index (χ1v) is 14.1. The highest BCUT2D eigenvalue weighted by Crippen LogP contribution is 2.22. The fourth-order valence-corrected chi connectivity index (χ4v) is 7.65. The SMILES string of the molecule is Cc1ccc(C)c(S(=O)(=O)N2CCN(C(=O)CCC(=O)NCC3CCS(=O)(=O)C3)CC2)c1. The molecule has 0 spiro atoms. The van der Waals surface area contributed by atoms with Crippen LogP contribution in [0.15, 0.2) is 23.1 Å². The fraction of sp³-hybridized carbons (Fsp3) is 0.619. The van der Waals surface area contributed by atoms with Crippen molar-refractivity contribution < 1.29 is 26.4 Å². The number of carbonyl (C=O) groups is 2. The first-order chi connectivity index (χ1) is 15.0. The number of aryl methyl sites for hydroxylation is 2. The summed E-state index contributed by atoms with van der Waals surface area (Å²) in [6.45, 7) is 4.91. The molecule has 2 saturated heterocycles. The van der Waals surface area contributed by atoms with Gasteiger partial charge in [0, 0.05) is 45.6 Å². The van der Waals surface area contributed by atoms with E-state index in [9.17, 15) is 26.4 Å². The molecule has 2 heterocycles. The zero-order valence-electron chi connectivity index (χ0n) is 18.5. The molecule has 11 heteroatoms. The van der Waals surface area contributed by atoms with Crippen LogP contribution in [0.4, 0.5) is 0 Å². The number of hydrogen-bond donors (Lipinski definition) is 1. The lowest BCUT2D eigenvalue weighted by atomic mass is 10.1. The van der Waals surface area contributed by atoms with Gasteiger partial charge in [-0.2, -0.15) is 4.31 Å². The molecule has 0 bridgehead atoms. The molecule has 1 N–H and O–H groups in total. The summed E-state index contributed by atoms with van der Waals surface area (Å²) in [5.41, 5.74) is 1.56. The quantitative estimate of drug-likeness (QED) is 0.599. The van der Waals surface area contributed by atoms with Crippen LogP contribution in [0.25, 0.3) is 0 Å². The highest BCUT2D eigenvalue weighted by atomic mass is 32.2. The number of amides is 2. The molecular formula is C21H31N3O6S2. The third-order valence-corrected chi connectivity index (χ3v) is 9.91. The van der Waals surface area contributed by atoms with Gasteiger partial charge in [0.25, 0.3) is 0 Å². The molecule has 1 aromatic rings. The highest BCUT2D eigenvalue weighted by Gasteiger charge is 2.31. The second kappa shape index (κ2) is 9.88. The predicted octanol–water partition coefficient (Wildman–Crippen LogP) is 0.467. The highest BCUT2D eigenvalue weighted by molar-refractivity contribution is 7.91. The Morgan fingerprint density at radius 1 is 1.09 bits per heavy atom. The Bertz CT molecular complexity index is 1080. The van der Waals surface area contributed by atoms with Crippen molar-refractivity contribution in [1.29, 1.82) is 0 Å². The van der Waals surface area contributed by atoms with Crippen LogP contribution in [-0.4, -0.2) is 82.1 Å². The summed E-state index contributed by atoms with van der Waals surface area (Å²) >= 11 is 0. The molecule has 178 valence electrons. The molecule has 2 fully saturated rings. The van der Waals surface area contributed by atoms with E-state index in [0.29, 0.717) is 23.4 Å². The van der Waals surface area contributed by atoms with E-state index in [-0.39, 0.29) is 68.3 Å². The summed E-state index contributed by atoms with van der Waals surface area (Å²) in [5.74, 6) is -0.267. The van der Waals surface area contributed by atoms with Crippen LogP contribution in [0.2, 0.25) is 0 Å². The molecule has 0 aromatic heterocycles. The molecule has 1 atom stereocenters. The van der Waals surface area contributed by atoms with Gasteiger partial charge < -0.3 is 10.2 Å². The van der Waals surface area contributed by atoms with Crippen molar-refractivity contribution in [3.63, 3.8) is 0 Å². The molecule has 3 rings (SSSR count).